The lowest BCUT2D eigenvalue weighted by Gasteiger charge is -2.15. The van der Waals surface area contributed by atoms with Crippen LogP contribution in [0.3, 0.4) is 0 Å². The first kappa shape index (κ1) is 11.5. The third-order valence-electron chi connectivity index (χ3n) is 2.18. The SMILES string of the molecule is CCC(CSC)NCc1cccnc1. The van der Waals surface area contributed by atoms with E-state index in [1.165, 1.54) is 17.7 Å². The van der Waals surface area contributed by atoms with E-state index in [0.29, 0.717) is 6.04 Å². The maximum absolute atomic E-state index is 4.09. The van der Waals surface area contributed by atoms with E-state index in [2.05, 4.69) is 29.5 Å². The molecule has 14 heavy (non-hydrogen) atoms. The number of thioether (sulfide) groups is 1. The molecule has 0 bridgehead atoms. The van der Waals surface area contributed by atoms with Gasteiger partial charge in [0.05, 0.1) is 0 Å². The van der Waals surface area contributed by atoms with Gasteiger partial charge in [-0.1, -0.05) is 13.0 Å². The average molecular weight is 210 g/mol. The molecule has 2 nitrogen and oxygen atoms in total. The highest BCUT2D eigenvalue weighted by Gasteiger charge is 2.03. The van der Waals surface area contributed by atoms with Crippen molar-refractivity contribution in [2.24, 2.45) is 0 Å². The summed E-state index contributed by atoms with van der Waals surface area (Å²) in [5.74, 6) is 1.18. The summed E-state index contributed by atoms with van der Waals surface area (Å²) < 4.78 is 0. The second-order valence-corrected chi connectivity index (χ2v) is 4.21. The highest BCUT2D eigenvalue weighted by molar-refractivity contribution is 7.98. The van der Waals surface area contributed by atoms with Gasteiger partial charge in [-0.15, -0.1) is 0 Å². The Labute approximate surface area is 90.5 Å². The normalized spacial score (nSPS) is 12.7. The standard InChI is InChI=1S/C11H18N2S/c1-3-11(9-14-2)13-8-10-5-4-6-12-7-10/h4-7,11,13H,3,8-9H2,1-2H3. The van der Waals surface area contributed by atoms with Crippen molar-refractivity contribution in [3.05, 3.63) is 30.1 Å². The highest BCUT2D eigenvalue weighted by Crippen LogP contribution is 2.03. The van der Waals surface area contributed by atoms with Crippen LogP contribution in [0.25, 0.3) is 0 Å². The molecule has 1 atom stereocenters. The Morgan fingerprint density at radius 2 is 2.43 bits per heavy atom. The Morgan fingerprint density at radius 1 is 1.57 bits per heavy atom. The minimum absolute atomic E-state index is 0.616. The minimum atomic E-state index is 0.616. The lowest BCUT2D eigenvalue weighted by Crippen LogP contribution is -2.30. The van der Waals surface area contributed by atoms with E-state index in [1.807, 2.05) is 30.2 Å². The van der Waals surface area contributed by atoms with E-state index >= 15 is 0 Å². The van der Waals surface area contributed by atoms with Gasteiger partial charge in [-0.05, 0) is 24.3 Å². The molecule has 3 heteroatoms. The molecular formula is C11H18N2S. The fourth-order valence-corrected chi connectivity index (χ4v) is 2.04. The van der Waals surface area contributed by atoms with Crippen molar-refractivity contribution in [3.63, 3.8) is 0 Å². The summed E-state index contributed by atoms with van der Waals surface area (Å²) in [6.45, 7) is 3.14. The maximum Gasteiger partial charge on any atom is 0.0312 e. The molecule has 1 aromatic rings. The molecule has 0 aromatic carbocycles. The van der Waals surface area contributed by atoms with Crippen molar-refractivity contribution in [1.29, 1.82) is 0 Å². The molecule has 1 unspecified atom stereocenters. The highest BCUT2D eigenvalue weighted by atomic mass is 32.2. The number of hydrogen-bond donors (Lipinski definition) is 1. The molecule has 0 aliphatic heterocycles. The molecule has 0 aliphatic carbocycles. The predicted octanol–water partition coefficient (Wildman–Crippen LogP) is 2.31. The Morgan fingerprint density at radius 3 is 3.00 bits per heavy atom. The fourth-order valence-electron chi connectivity index (χ4n) is 1.29. The molecule has 0 saturated carbocycles. The van der Waals surface area contributed by atoms with Crippen LogP contribution in [0.15, 0.2) is 24.5 Å². The van der Waals surface area contributed by atoms with Crippen LogP contribution >= 0.6 is 11.8 Å². The number of pyridine rings is 1. The van der Waals surface area contributed by atoms with Gasteiger partial charge in [-0.3, -0.25) is 4.98 Å². The largest absolute Gasteiger partial charge is 0.309 e. The zero-order valence-electron chi connectivity index (χ0n) is 8.86. The van der Waals surface area contributed by atoms with Gasteiger partial charge >= 0.3 is 0 Å². The van der Waals surface area contributed by atoms with Gasteiger partial charge in [0.2, 0.25) is 0 Å². The lowest BCUT2D eigenvalue weighted by molar-refractivity contribution is 0.541. The summed E-state index contributed by atoms with van der Waals surface area (Å²) in [6, 6.07) is 4.70. The second-order valence-electron chi connectivity index (χ2n) is 3.30. The van der Waals surface area contributed by atoms with Crippen molar-refractivity contribution in [1.82, 2.24) is 10.3 Å². The predicted molar refractivity (Wildman–Crippen MR) is 63.5 cm³/mol. The summed E-state index contributed by atoms with van der Waals surface area (Å²) in [5, 5.41) is 3.53. The summed E-state index contributed by atoms with van der Waals surface area (Å²) >= 11 is 1.89. The van der Waals surface area contributed by atoms with Crippen LogP contribution in [-0.2, 0) is 6.54 Å². The van der Waals surface area contributed by atoms with Gasteiger partial charge in [0.15, 0.2) is 0 Å². The Kier molecular flexibility index (Phi) is 5.64. The molecule has 1 N–H and O–H groups in total. The molecule has 0 fully saturated rings. The van der Waals surface area contributed by atoms with Crippen LogP contribution in [0.5, 0.6) is 0 Å². The summed E-state index contributed by atoms with van der Waals surface area (Å²) in [4.78, 5) is 4.09. The van der Waals surface area contributed by atoms with Gasteiger partial charge in [-0.2, -0.15) is 11.8 Å². The number of nitrogens with one attached hydrogen (secondary N) is 1. The van der Waals surface area contributed by atoms with Crippen molar-refractivity contribution >= 4 is 11.8 Å². The molecular weight excluding hydrogens is 192 g/mol. The van der Waals surface area contributed by atoms with E-state index in [-0.39, 0.29) is 0 Å². The first-order chi connectivity index (χ1) is 6.86. The van der Waals surface area contributed by atoms with Crippen LogP contribution in [0.4, 0.5) is 0 Å². The van der Waals surface area contributed by atoms with Crippen molar-refractivity contribution < 1.29 is 0 Å². The van der Waals surface area contributed by atoms with Crippen molar-refractivity contribution in [2.75, 3.05) is 12.0 Å². The minimum Gasteiger partial charge on any atom is -0.309 e. The van der Waals surface area contributed by atoms with Gasteiger partial charge < -0.3 is 5.32 Å². The molecule has 0 amide bonds. The van der Waals surface area contributed by atoms with Crippen LogP contribution < -0.4 is 5.32 Å². The molecule has 0 radical (unpaired) electrons. The smallest absolute Gasteiger partial charge is 0.0312 e. The second kappa shape index (κ2) is 6.85. The summed E-state index contributed by atoms with van der Waals surface area (Å²) in [5.41, 5.74) is 1.26. The quantitative estimate of drug-likeness (QED) is 0.780. The van der Waals surface area contributed by atoms with Crippen LogP contribution in [0, 0.1) is 0 Å². The monoisotopic (exact) mass is 210 g/mol. The first-order valence-corrected chi connectivity index (χ1v) is 6.37. The molecule has 0 aliphatic rings. The number of aromatic nitrogens is 1. The van der Waals surface area contributed by atoms with Crippen LogP contribution in [0.1, 0.15) is 18.9 Å². The zero-order valence-corrected chi connectivity index (χ0v) is 9.68. The number of rotatable bonds is 6. The molecule has 1 aromatic heterocycles. The van der Waals surface area contributed by atoms with Gasteiger partial charge in [0.25, 0.3) is 0 Å². The van der Waals surface area contributed by atoms with Crippen LogP contribution in [0.2, 0.25) is 0 Å². The van der Waals surface area contributed by atoms with Gasteiger partial charge in [-0.25, -0.2) is 0 Å². The first-order valence-electron chi connectivity index (χ1n) is 4.98. The van der Waals surface area contributed by atoms with Crippen LogP contribution in [-0.4, -0.2) is 23.0 Å². The van der Waals surface area contributed by atoms with Gasteiger partial charge in [0.1, 0.15) is 0 Å². The van der Waals surface area contributed by atoms with Gasteiger partial charge in [0, 0.05) is 30.7 Å². The molecule has 0 spiro atoms. The number of nitrogens with zero attached hydrogens (tertiary/aromatic N) is 1. The van der Waals surface area contributed by atoms with E-state index < -0.39 is 0 Å². The zero-order chi connectivity index (χ0) is 10.2. The van der Waals surface area contributed by atoms with E-state index in [0.717, 1.165) is 6.54 Å². The van der Waals surface area contributed by atoms with Crippen molar-refractivity contribution in [3.8, 4) is 0 Å². The fraction of sp³-hybridized carbons (Fsp3) is 0.545. The Bertz CT molecular complexity index is 238. The molecule has 78 valence electrons. The maximum atomic E-state index is 4.09. The average Bonchev–Trinajstić information content (AvgIpc) is 2.25. The summed E-state index contributed by atoms with van der Waals surface area (Å²) in [7, 11) is 0. The van der Waals surface area contributed by atoms with E-state index in [1.54, 1.807) is 0 Å². The lowest BCUT2D eigenvalue weighted by atomic mass is 10.2. The third kappa shape index (κ3) is 4.11. The Balaban J connectivity index is 2.32. The van der Waals surface area contributed by atoms with Crippen molar-refractivity contribution in [2.45, 2.75) is 25.9 Å². The number of hydrogen-bond acceptors (Lipinski definition) is 3. The summed E-state index contributed by atoms with van der Waals surface area (Å²) in [6.07, 6.45) is 7.05. The van der Waals surface area contributed by atoms with E-state index in [4.69, 9.17) is 0 Å². The van der Waals surface area contributed by atoms with E-state index in [9.17, 15) is 0 Å². The Hall–Kier alpha value is -0.540. The molecule has 1 rings (SSSR count). The third-order valence-corrected chi connectivity index (χ3v) is 2.91. The molecule has 1 heterocycles. The topological polar surface area (TPSA) is 24.9 Å². The molecule has 0 saturated heterocycles.